The minimum atomic E-state index is 0.00595. The molecule has 1 heterocycles. The Morgan fingerprint density at radius 1 is 0.839 bits per heavy atom. The molecule has 0 fully saturated rings. The van der Waals surface area contributed by atoms with Gasteiger partial charge in [0.05, 0.1) is 0 Å². The molecule has 0 aliphatic heterocycles. The summed E-state index contributed by atoms with van der Waals surface area (Å²) in [6.07, 6.45) is 8.13. The Morgan fingerprint density at radius 2 is 1.68 bits per heavy atom. The van der Waals surface area contributed by atoms with E-state index in [2.05, 4.69) is 94.5 Å². The molecule has 0 N–H and O–H groups in total. The van der Waals surface area contributed by atoms with Gasteiger partial charge in [0, 0.05) is 36.9 Å². The van der Waals surface area contributed by atoms with Gasteiger partial charge in [0.15, 0.2) is 0 Å². The van der Waals surface area contributed by atoms with Crippen LogP contribution in [0.1, 0.15) is 62.3 Å². The van der Waals surface area contributed by atoms with Crippen LogP contribution in [-0.4, -0.2) is 0 Å². The van der Waals surface area contributed by atoms with E-state index in [0.717, 1.165) is 6.42 Å². The highest BCUT2D eigenvalue weighted by atomic mass is 32.1. The van der Waals surface area contributed by atoms with Gasteiger partial charge in [-0.1, -0.05) is 87.9 Å². The first-order chi connectivity index (χ1) is 14.9. The van der Waals surface area contributed by atoms with E-state index in [1.54, 1.807) is 22.3 Å². The van der Waals surface area contributed by atoms with Gasteiger partial charge in [0.1, 0.15) is 0 Å². The van der Waals surface area contributed by atoms with Crippen LogP contribution in [0.2, 0.25) is 0 Å². The lowest BCUT2D eigenvalue weighted by atomic mass is 9.72. The van der Waals surface area contributed by atoms with Crippen LogP contribution in [0.25, 0.3) is 31.3 Å². The Morgan fingerprint density at radius 3 is 2.55 bits per heavy atom. The van der Waals surface area contributed by atoms with Gasteiger partial charge in [-0.05, 0) is 51.9 Å². The fourth-order valence-electron chi connectivity index (χ4n) is 6.90. The molecule has 1 aromatic heterocycles. The van der Waals surface area contributed by atoms with Crippen LogP contribution in [0.15, 0.2) is 72.3 Å². The van der Waals surface area contributed by atoms with Crippen molar-refractivity contribution in [1.29, 1.82) is 0 Å². The second-order valence-electron chi connectivity index (χ2n) is 10.5. The van der Waals surface area contributed by atoms with Crippen LogP contribution in [0.5, 0.6) is 0 Å². The zero-order valence-electron chi connectivity index (χ0n) is 18.5. The molecule has 152 valence electrons. The van der Waals surface area contributed by atoms with E-state index in [9.17, 15) is 0 Å². The molecular weight excluding hydrogens is 392 g/mol. The quantitative estimate of drug-likeness (QED) is 0.268. The van der Waals surface area contributed by atoms with Crippen molar-refractivity contribution >= 4 is 31.5 Å². The van der Waals surface area contributed by atoms with E-state index >= 15 is 0 Å². The lowest BCUT2D eigenvalue weighted by molar-refractivity contribution is 0.582. The van der Waals surface area contributed by atoms with Crippen LogP contribution in [-0.2, 0) is 10.8 Å². The van der Waals surface area contributed by atoms with Gasteiger partial charge >= 0.3 is 0 Å². The lowest BCUT2D eigenvalue weighted by Crippen LogP contribution is -2.24. The van der Waals surface area contributed by atoms with Gasteiger partial charge in [-0.3, -0.25) is 0 Å². The summed E-state index contributed by atoms with van der Waals surface area (Å²) in [5, 5.41) is 2.86. The SMILES string of the molecule is CC1(C)C2=CC=CCC2c2ccc3c(c21)C(C)(C)c1ccc2sc4ccccc4c2c1-3. The lowest BCUT2D eigenvalue weighted by Gasteiger charge is -2.31. The summed E-state index contributed by atoms with van der Waals surface area (Å²) in [6.45, 7) is 9.80. The van der Waals surface area contributed by atoms with Gasteiger partial charge < -0.3 is 0 Å². The summed E-state index contributed by atoms with van der Waals surface area (Å²) in [5.41, 5.74) is 10.8. The predicted octanol–water partition coefficient (Wildman–Crippen LogP) is 8.62. The molecule has 0 nitrogen and oxygen atoms in total. The highest BCUT2D eigenvalue weighted by molar-refractivity contribution is 7.25. The number of fused-ring (bicyclic) bond motifs is 11. The predicted molar refractivity (Wildman–Crippen MR) is 135 cm³/mol. The number of hydrogen-bond donors (Lipinski definition) is 0. The normalized spacial score (nSPS) is 21.7. The molecule has 4 aromatic rings. The van der Waals surface area contributed by atoms with Crippen LogP contribution >= 0.6 is 11.3 Å². The minimum absolute atomic E-state index is 0.00595. The van der Waals surface area contributed by atoms with E-state index in [-0.39, 0.29) is 10.8 Å². The van der Waals surface area contributed by atoms with Crippen LogP contribution in [0.4, 0.5) is 0 Å². The first-order valence-corrected chi connectivity index (χ1v) is 12.2. The highest BCUT2D eigenvalue weighted by Crippen LogP contribution is 2.62. The molecule has 3 aliphatic carbocycles. The summed E-state index contributed by atoms with van der Waals surface area (Å²) in [5.74, 6) is 0.543. The zero-order chi connectivity index (χ0) is 21.1. The second kappa shape index (κ2) is 5.58. The first kappa shape index (κ1) is 18.0. The Labute approximate surface area is 187 Å². The van der Waals surface area contributed by atoms with Crippen molar-refractivity contribution in [2.45, 2.75) is 50.9 Å². The molecule has 0 saturated carbocycles. The molecule has 0 saturated heterocycles. The highest BCUT2D eigenvalue weighted by Gasteiger charge is 2.48. The molecule has 3 aliphatic rings. The van der Waals surface area contributed by atoms with Gasteiger partial charge in [0.2, 0.25) is 0 Å². The molecule has 31 heavy (non-hydrogen) atoms. The van der Waals surface area contributed by atoms with Crippen molar-refractivity contribution in [3.05, 3.63) is 94.6 Å². The maximum Gasteiger partial charge on any atom is 0.0361 e. The van der Waals surface area contributed by atoms with E-state index in [1.807, 2.05) is 11.3 Å². The zero-order valence-corrected chi connectivity index (χ0v) is 19.4. The average Bonchev–Trinajstić information content (AvgIpc) is 3.33. The summed E-state index contributed by atoms with van der Waals surface area (Å²) in [6, 6.07) is 18.6. The topological polar surface area (TPSA) is 0 Å². The number of thiophene rings is 1. The van der Waals surface area contributed by atoms with Crippen molar-refractivity contribution in [3.63, 3.8) is 0 Å². The van der Waals surface area contributed by atoms with Crippen molar-refractivity contribution in [1.82, 2.24) is 0 Å². The third-order valence-electron chi connectivity index (χ3n) is 8.23. The number of rotatable bonds is 0. The molecule has 3 aromatic carbocycles. The second-order valence-corrected chi connectivity index (χ2v) is 11.6. The molecule has 1 atom stereocenters. The van der Waals surface area contributed by atoms with E-state index < -0.39 is 0 Å². The third kappa shape index (κ3) is 2.02. The largest absolute Gasteiger partial charge is 0.135 e. The van der Waals surface area contributed by atoms with E-state index in [0.29, 0.717) is 5.92 Å². The third-order valence-corrected chi connectivity index (χ3v) is 9.37. The number of hydrogen-bond acceptors (Lipinski definition) is 1. The van der Waals surface area contributed by atoms with E-state index in [1.165, 1.54) is 36.9 Å². The monoisotopic (exact) mass is 418 g/mol. The summed E-state index contributed by atoms with van der Waals surface area (Å²) in [7, 11) is 0. The van der Waals surface area contributed by atoms with Gasteiger partial charge in [-0.25, -0.2) is 0 Å². The van der Waals surface area contributed by atoms with Gasteiger partial charge in [0.25, 0.3) is 0 Å². The molecular formula is C30H26S. The van der Waals surface area contributed by atoms with Crippen LogP contribution in [0.3, 0.4) is 0 Å². The molecule has 0 spiro atoms. The maximum atomic E-state index is 2.46. The molecule has 7 rings (SSSR count). The molecule has 0 bridgehead atoms. The van der Waals surface area contributed by atoms with Crippen molar-refractivity contribution in [2.24, 2.45) is 0 Å². The standard InChI is InChI=1S/C30H26S/c1-29(2)21-11-7-5-9-17(21)18-13-14-20-25-22(30(3,4)28(20)27(18)29)15-16-24-26(25)19-10-6-8-12-23(19)31-24/h5-8,10-17H,9H2,1-4H3. The smallest absolute Gasteiger partial charge is 0.0361 e. The van der Waals surface area contributed by atoms with Gasteiger partial charge in [-0.2, -0.15) is 0 Å². The Bertz CT molecular complexity index is 1500. The first-order valence-electron chi connectivity index (χ1n) is 11.4. The number of allylic oxidation sites excluding steroid dienone is 4. The summed E-state index contributed by atoms with van der Waals surface area (Å²) in [4.78, 5) is 0. The van der Waals surface area contributed by atoms with Crippen molar-refractivity contribution in [3.8, 4) is 11.1 Å². The van der Waals surface area contributed by atoms with Crippen molar-refractivity contribution in [2.75, 3.05) is 0 Å². The number of benzene rings is 3. The molecule has 0 amide bonds. The Kier molecular flexibility index (Phi) is 3.24. The fourth-order valence-corrected chi connectivity index (χ4v) is 8.02. The van der Waals surface area contributed by atoms with E-state index in [4.69, 9.17) is 0 Å². The van der Waals surface area contributed by atoms with Crippen LogP contribution in [0, 0.1) is 0 Å². The molecule has 0 radical (unpaired) electrons. The van der Waals surface area contributed by atoms with Crippen LogP contribution < -0.4 is 0 Å². The summed E-state index contributed by atoms with van der Waals surface area (Å²) >= 11 is 1.93. The fraction of sp³-hybridized carbons (Fsp3) is 0.267. The average molecular weight is 419 g/mol. The van der Waals surface area contributed by atoms with Crippen molar-refractivity contribution < 1.29 is 0 Å². The Hall–Kier alpha value is -2.64. The summed E-state index contributed by atoms with van der Waals surface area (Å²) < 4.78 is 2.80. The Balaban J connectivity index is 1.63. The van der Waals surface area contributed by atoms with Gasteiger partial charge in [-0.15, -0.1) is 11.3 Å². The minimum Gasteiger partial charge on any atom is -0.135 e. The molecule has 1 heteroatoms. The molecule has 1 unspecified atom stereocenters. The maximum absolute atomic E-state index is 2.46.